The highest BCUT2D eigenvalue weighted by Gasteiger charge is 2.58. The quantitative estimate of drug-likeness (QED) is 0.160. The molecule has 10 aromatic rings. The van der Waals surface area contributed by atoms with Crippen molar-refractivity contribution in [2.45, 2.75) is 129 Å². The van der Waals surface area contributed by atoms with E-state index in [0.717, 1.165) is 6.42 Å². The lowest BCUT2D eigenvalue weighted by atomic mass is 9.33. The number of hydrogen-bond acceptors (Lipinski definition) is 4. The predicted molar refractivity (Wildman–Crippen MR) is 307 cm³/mol. The molecule has 6 heterocycles. The summed E-state index contributed by atoms with van der Waals surface area (Å²) in [6, 6.07) is 50.8. The van der Waals surface area contributed by atoms with Gasteiger partial charge >= 0.3 is 0 Å². The Labute approximate surface area is 421 Å². The largest absolute Gasteiger partial charge is 0.334 e. The summed E-state index contributed by atoms with van der Waals surface area (Å²) in [5.41, 5.74) is 20.3. The normalized spacial score (nSPS) is 19.7. The summed E-state index contributed by atoms with van der Waals surface area (Å²) < 4.78 is 8.15. The Hall–Kier alpha value is -5.82. The van der Waals surface area contributed by atoms with Gasteiger partial charge in [-0.25, -0.2) is 0 Å². The van der Waals surface area contributed by atoms with E-state index in [-0.39, 0.29) is 33.9 Å². The minimum Gasteiger partial charge on any atom is -0.334 e. The fourth-order valence-electron chi connectivity index (χ4n) is 13.8. The first-order valence-electron chi connectivity index (χ1n) is 25.8. The molecule has 2 atom stereocenters. The van der Waals surface area contributed by atoms with Crippen molar-refractivity contribution in [3.63, 3.8) is 0 Å². The summed E-state index contributed by atoms with van der Waals surface area (Å²) in [5.74, 6) is 0. The molecule has 0 spiro atoms. The third-order valence-electron chi connectivity index (χ3n) is 17.8. The van der Waals surface area contributed by atoms with Gasteiger partial charge in [0.25, 0.3) is 6.71 Å². The van der Waals surface area contributed by atoms with Crippen LogP contribution >= 0.6 is 22.7 Å². The van der Waals surface area contributed by atoms with Crippen molar-refractivity contribution in [2.24, 2.45) is 0 Å². The Kier molecular flexibility index (Phi) is 8.59. The second-order valence-corrected chi connectivity index (χ2v) is 27.0. The molecule has 4 aliphatic rings. The maximum atomic E-state index is 2.85. The number of benzene rings is 7. The molecule has 3 aliphatic heterocycles. The molecule has 70 heavy (non-hydrogen) atoms. The molecule has 6 heteroatoms. The number of anilines is 5. The summed E-state index contributed by atoms with van der Waals surface area (Å²) in [6.45, 7) is 26.7. The van der Waals surface area contributed by atoms with Crippen molar-refractivity contribution in [1.82, 2.24) is 4.57 Å². The molecule has 1 fully saturated rings. The van der Waals surface area contributed by atoms with Gasteiger partial charge in [-0.3, -0.25) is 0 Å². The van der Waals surface area contributed by atoms with E-state index in [1.54, 1.807) is 0 Å². The number of hydrogen-bond donors (Lipinski definition) is 0. The Morgan fingerprint density at radius 3 is 1.91 bits per heavy atom. The lowest BCUT2D eigenvalue weighted by molar-refractivity contribution is 0.195. The lowest BCUT2D eigenvalue weighted by Crippen LogP contribution is -2.61. The van der Waals surface area contributed by atoms with Gasteiger partial charge in [-0.2, -0.15) is 0 Å². The van der Waals surface area contributed by atoms with Gasteiger partial charge in [-0.1, -0.05) is 155 Å². The van der Waals surface area contributed by atoms with Crippen LogP contribution in [0.5, 0.6) is 0 Å². The van der Waals surface area contributed by atoms with E-state index >= 15 is 0 Å². The molecule has 14 rings (SSSR count). The van der Waals surface area contributed by atoms with Gasteiger partial charge in [0.1, 0.15) is 0 Å². The summed E-state index contributed by atoms with van der Waals surface area (Å²) in [7, 11) is 0. The molecule has 7 aromatic carbocycles. The van der Waals surface area contributed by atoms with Gasteiger partial charge in [0.05, 0.1) is 27.0 Å². The van der Waals surface area contributed by atoms with Crippen molar-refractivity contribution in [1.29, 1.82) is 0 Å². The van der Waals surface area contributed by atoms with Gasteiger partial charge in [0.2, 0.25) is 0 Å². The lowest BCUT2D eigenvalue weighted by Gasteiger charge is -2.51. The smallest absolute Gasteiger partial charge is 0.252 e. The molecule has 348 valence electrons. The van der Waals surface area contributed by atoms with Crippen molar-refractivity contribution in [3.05, 3.63) is 150 Å². The summed E-state index contributed by atoms with van der Waals surface area (Å²) in [6.07, 6.45) is 4.82. The molecule has 2 unspecified atom stereocenters. The molecule has 1 aliphatic carbocycles. The van der Waals surface area contributed by atoms with Crippen LogP contribution in [-0.4, -0.2) is 16.8 Å². The fourth-order valence-corrected chi connectivity index (χ4v) is 16.1. The zero-order valence-electron chi connectivity index (χ0n) is 42.7. The molecule has 0 bridgehead atoms. The van der Waals surface area contributed by atoms with E-state index in [0.29, 0.717) is 0 Å². The van der Waals surface area contributed by atoms with Gasteiger partial charge in [-0.15, -0.1) is 22.7 Å². The van der Waals surface area contributed by atoms with E-state index in [9.17, 15) is 0 Å². The Bertz CT molecular complexity index is 3920. The van der Waals surface area contributed by atoms with E-state index in [2.05, 4.69) is 218 Å². The standard InChI is InChI=1S/C64H62BN3S2/c1-60(2,3)37-26-28-47-44(32-37)63(10)29-16-17-30-64(63,11)68(47)40-35-50-56-51(36-40)67-57-43(59-58(67)42-20-13-15-23-53(42)70-59)31-39(62(7,8)9)33-46(57)65(56)45-27-25-38(61(4,5)6)34-49(45)66(50)48-21-18-24-54-55(48)41-19-12-14-22-52(41)69-54/h12-15,18-28,31-36H,16-17,29-30H2,1-11H3. The van der Waals surface area contributed by atoms with Gasteiger partial charge in [-0.05, 0) is 129 Å². The number of aromatic nitrogens is 1. The van der Waals surface area contributed by atoms with Crippen molar-refractivity contribution >= 4 is 126 Å². The minimum absolute atomic E-state index is 0.0138. The van der Waals surface area contributed by atoms with Crippen molar-refractivity contribution in [2.75, 3.05) is 9.80 Å². The minimum atomic E-state index is -0.130. The second-order valence-electron chi connectivity index (χ2n) is 24.9. The zero-order chi connectivity index (χ0) is 48.2. The van der Waals surface area contributed by atoms with Crippen LogP contribution in [0, 0.1) is 0 Å². The topological polar surface area (TPSA) is 11.4 Å². The third kappa shape index (κ3) is 5.58. The average molecular weight is 948 g/mol. The van der Waals surface area contributed by atoms with E-state index in [1.165, 1.54) is 143 Å². The Morgan fingerprint density at radius 2 is 1.16 bits per heavy atom. The van der Waals surface area contributed by atoms with E-state index in [4.69, 9.17) is 0 Å². The number of nitrogens with zero attached hydrogens (tertiary/aromatic N) is 3. The highest BCUT2D eigenvalue weighted by molar-refractivity contribution is 7.27. The fraction of sp³-hybridized carbons (Fsp3) is 0.312. The van der Waals surface area contributed by atoms with Crippen LogP contribution in [-0.2, 0) is 21.7 Å². The maximum Gasteiger partial charge on any atom is 0.252 e. The molecule has 0 amide bonds. The number of rotatable bonds is 2. The zero-order valence-corrected chi connectivity index (χ0v) is 44.3. The predicted octanol–water partition coefficient (Wildman–Crippen LogP) is 16.6. The van der Waals surface area contributed by atoms with E-state index in [1.807, 2.05) is 22.7 Å². The highest BCUT2D eigenvalue weighted by atomic mass is 32.1. The molecule has 0 saturated heterocycles. The monoisotopic (exact) mass is 947 g/mol. The summed E-state index contributed by atoms with van der Waals surface area (Å²) >= 11 is 3.89. The Balaban J connectivity index is 1.18. The van der Waals surface area contributed by atoms with Gasteiger partial charge < -0.3 is 14.4 Å². The molecule has 0 radical (unpaired) electrons. The van der Waals surface area contributed by atoms with Crippen LogP contribution in [0.4, 0.5) is 28.4 Å². The second kappa shape index (κ2) is 14.0. The average Bonchev–Trinajstić information content (AvgIpc) is 4.04. The van der Waals surface area contributed by atoms with Crippen LogP contribution in [0.1, 0.15) is 124 Å². The third-order valence-corrected chi connectivity index (χ3v) is 20.1. The van der Waals surface area contributed by atoms with Gasteiger partial charge in [0, 0.05) is 69.5 Å². The molecule has 1 saturated carbocycles. The molecular weight excluding hydrogens is 886 g/mol. The van der Waals surface area contributed by atoms with Crippen LogP contribution in [0.25, 0.3) is 57.1 Å². The first-order chi connectivity index (χ1) is 33.3. The molecular formula is C64H62BN3S2. The highest BCUT2D eigenvalue weighted by Crippen LogP contribution is 2.62. The maximum absolute atomic E-state index is 2.85. The van der Waals surface area contributed by atoms with E-state index < -0.39 is 0 Å². The van der Waals surface area contributed by atoms with Crippen LogP contribution in [0.2, 0.25) is 0 Å². The van der Waals surface area contributed by atoms with Crippen LogP contribution in [0.15, 0.2) is 127 Å². The van der Waals surface area contributed by atoms with Gasteiger partial charge in [0.15, 0.2) is 0 Å². The Morgan fingerprint density at radius 1 is 0.500 bits per heavy atom. The van der Waals surface area contributed by atoms with Crippen molar-refractivity contribution < 1.29 is 0 Å². The number of thiophene rings is 2. The number of fused-ring (bicyclic) bond motifs is 15. The first-order valence-corrected chi connectivity index (χ1v) is 27.5. The molecule has 3 nitrogen and oxygen atoms in total. The first kappa shape index (κ1) is 43.0. The molecule has 0 N–H and O–H groups in total. The van der Waals surface area contributed by atoms with Crippen LogP contribution < -0.4 is 26.2 Å². The summed E-state index contributed by atoms with van der Waals surface area (Å²) in [4.78, 5) is 5.58. The molecule has 3 aromatic heterocycles. The van der Waals surface area contributed by atoms with Crippen LogP contribution in [0.3, 0.4) is 0 Å². The summed E-state index contributed by atoms with van der Waals surface area (Å²) in [5, 5.41) is 5.38. The SMILES string of the molecule is CC(C)(C)c1ccc2c(c1)N(c1cccc3sc4ccccc4c13)c1cc(N3c4ccc(C(C)(C)C)cc4C4(C)CCCCC34C)cc3c1B2c1cc(C(C)(C)C)cc2c4sc5ccccc5c4n-3c12. The van der Waals surface area contributed by atoms with Crippen molar-refractivity contribution in [3.8, 4) is 5.69 Å².